The number of nitrogen functional groups attached to an aromatic ring is 1. The van der Waals surface area contributed by atoms with E-state index in [-0.39, 0.29) is 11.4 Å². The van der Waals surface area contributed by atoms with Gasteiger partial charge in [-0.3, -0.25) is 9.89 Å². The third kappa shape index (κ3) is 2.74. The molecule has 0 aliphatic rings. The number of carbonyl (C=O) groups excluding carboxylic acids is 1. The summed E-state index contributed by atoms with van der Waals surface area (Å²) in [6.07, 6.45) is 2.93. The van der Waals surface area contributed by atoms with Crippen molar-refractivity contribution in [1.82, 2.24) is 20.2 Å². The maximum absolute atomic E-state index is 12.1. The van der Waals surface area contributed by atoms with E-state index in [1.165, 1.54) is 6.33 Å². The molecule has 2 aromatic rings. The van der Waals surface area contributed by atoms with Crippen molar-refractivity contribution in [3.05, 3.63) is 30.7 Å². The number of nitrogens with zero attached hydrogens (tertiary/aromatic N) is 3. The zero-order valence-electron chi connectivity index (χ0n) is 11.0. The minimum atomic E-state index is -0.419. The van der Waals surface area contributed by atoms with Gasteiger partial charge in [-0.15, -0.1) is 0 Å². The summed E-state index contributed by atoms with van der Waals surface area (Å²) >= 11 is 0. The Balaban J connectivity index is 2.26. The molecular weight excluding hydrogens is 258 g/mol. The van der Waals surface area contributed by atoms with E-state index in [1.54, 1.807) is 12.3 Å². The van der Waals surface area contributed by atoms with E-state index in [0.717, 1.165) is 0 Å². The van der Waals surface area contributed by atoms with E-state index in [9.17, 15) is 4.79 Å². The van der Waals surface area contributed by atoms with Crippen LogP contribution < -0.4 is 16.4 Å². The second kappa shape index (κ2) is 5.83. The summed E-state index contributed by atoms with van der Waals surface area (Å²) < 4.78 is 0. The number of aromatic amines is 1. The van der Waals surface area contributed by atoms with Gasteiger partial charge in [-0.1, -0.05) is 6.58 Å². The lowest BCUT2D eigenvalue weighted by Crippen LogP contribution is -2.16. The summed E-state index contributed by atoms with van der Waals surface area (Å²) in [5.41, 5.74) is 6.37. The molecule has 0 atom stereocenters. The van der Waals surface area contributed by atoms with Gasteiger partial charge >= 0.3 is 0 Å². The number of nitrogens with two attached hydrogens (primary N) is 1. The van der Waals surface area contributed by atoms with Crippen molar-refractivity contribution in [3.63, 3.8) is 0 Å². The molecule has 8 nitrogen and oxygen atoms in total. The fourth-order valence-corrected chi connectivity index (χ4v) is 1.63. The number of hydrogen-bond acceptors (Lipinski definition) is 6. The quantitative estimate of drug-likeness (QED) is 0.599. The van der Waals surface area contributed by atoms with E-state index in [4.69, 9.17) is 5.73 Å². The maximum Gasteiger partial charge on any atom is 0.257 e. The van der Waals surface area contributed by atoms with Crippen LogP contribution in [-0.4, -0.2) is 32.6 Å². The number of amides is 1. The normalized spacial score (nSPS) is 10.1. The molecule has 5 N–H and O–H groups in total. The first-order chi connectivity index (χ1) is 9.63. The summed E-state index contributed by atoms with van der Waals surface area (Å²) in [5.74, 6) is 0.648. The standard InChI is InChI=1S/C12H15N7O/c1-3-14-11-9(10(13)15-6-16-11)7(2)12(20)18-8-4-5-17-19-8/h4-6H,2-3H2,1H3,(H3,13,14,15,16)(H2,17,18,19,20). The first kappa shape index (κ1) is 13.5. The number of aromatic nitrogens is 4. The number of nitrogens with one attached hydrogen (secondary N) is 3. The summed E-state index contributed by atoms with van der Waals surface area (Å²) in [6.45, 7) is 6.31. The van der Waals surface area contributed by atoms with E-state index >= 15 is 0 Å². The third-order valence-electron chi connectivity index (χ3n) is 2.54. The Labute approximate surface area is 115 Å². The highest BCUT2D eigenvalue weighted by Gasteiger charge is 2.18. The van der Waals surface area contributed by atoms with Crippen molar-refractivity contribution >= 4 is 28.9 Å². The lowest BCUT2D eigenvalue weighted by molar-refractivity contribution is -0.111. The Hall–Kier alpha value is -2.90. The SMILES string of the molecule is C=C(C(=O)Nc1cc[nH]n1)c1c(N)ncnc1NCC. The predicted octanol–water partition coefficient (Wildman–Crippen LogP) is 0.866. The van der Waals surface area contributed by atoms with Gasteiger partial charge in [-0.2, -0.15) is 5.10 Å². The molecule has 1 amide bonds. The van der Waals surface area contributed by atoms with Crippen molar-refractivity contribution in [1.29, 1.82) is 0 Å². The van der Waals surface area contributed by atoms with E-state index in [2.05, 4.69) is 37.4 Å². The average molecular weight is 273 g/mol. The zero-order valence-corrected chi connectivity index (χ0v) is 11.0. The van der Waals surface area contributed by atoms with Crippen molar-refractivity contribution in [3.8, 4) is 0 Å². The fraction of sp³-hybridized carbons (Fsp3) is 0.167. The number of H-pyrrole nitrogens is 1. The summed E-state index contributed by atoms with van der Waals surface area (Å²) in [6, 6.07) is 1.63. The van der Waals surface area contributed by atoms with Gasteiger partial charge in [0.15, 0.2) is 5.82 Å². The number of anilines is 3. The van der Waals surface area contributed by atoms with Crippen molar-refractivity contribution < 1.29 is 4.79 Å². The Morgan fingerprint density at radius 3 is 2.95 bits per heavy atom. The minimum Gasteiger partial charge on any atom is -0.383 e. The van der Waals surface area contributed by atoms with Crippen LogP contribution in [0.3, 0.4) is 0 Å². The first-order valence-corrected chi connectivity index (χ1v) is 5.98. The lowest BCUT2D eigenvalue weighted by Gasteiger charge is -2.12. The van der Waals surface area contributed by atoms with Gasteiger partial charge in [0.05, 0.1) is 5.56 Å². The topological polar surface area (TPSA) is 122 Å². The number of carbonyl (C=O) groups is 1. The summed E-state index contributed by atoms with van der Waals surface area (Å²) in [7, 11) is 0. The van der Waals surface area contributed by atoms with Gasteiger partial charge in [0.1, 0.15) is 18.0 Å². The summed E-state index contributed by atoms with van der Waals surface area (Å²) in [5, 5.41) is 12.1. The van der Waals surface area contributed by atoms with Gasteiger partial charge in [0, 0.05) is 24.4 Å². The van der Waals surface area contributed by atoms with Crippen LogP contribution in [0.1, 0.15) is 12.5 Å². The van der Waals surface area contributed by atoms with E-state index in [1.807, 2.05) is 6.92 Å². The number of hydrogen-bond donors (Lipinski definition) is 4. The predicted molar refractivity (Wildman–Crippen MR) is 76.9 cm³/mol. The molecule has 0 radical (unpaired) electrons. The lowest BCUT2D eigenvalue weighted by atomic mass is 10.1. The van der Waals surface area contributed by atoms with Crippen LogP contribution >= 0.6 is 0 Å². The van der Waals surface area contributed by atoms with Crippen molar-refractivity contribution in [2.24, 2.45) is 0 Å². The Bertz CT molecular complexity index is 621. The molecule has 2 heterocycles. The Kier molecular flexibility index (Phi) is 3.94. The molecule has 2 aromatic heterocycles. The average Bonchev–Trinajstić information content (AvgIpc) is 2.91. The van der Waals surface area contributed by atoms with Gasteiger partial charge in [0.2, 0.25) is 0 Å². The van der Waals surface area contributed by atoms with Gasteiger partial charge in [-0.25, -0.2) is 9.97 Å². The molecule has 0 saturated heterocycles. The molecule has 0 saturated carbocycles. The van der Waals surface area contributed by atoms with Gasteiger partial charge in [-0.05, 0) is 6.92 Å². The van der Waals surface area contributed by atoms with Crippen LogP contribution in [0, 0.1) is 0 Å². The number of rotatable bonds is 5. The monoisotopic (exact) mass is 273 g/mol. The molecule has 0 aliphatic heterocycles. The van der Waals surface area contributed by atoms with Gasteiger partial charge < -0.3 is 16.4 Å². The fourth-order valence-electron chi connectivity index (χ4n) is 1.63. The molecule has 0 unspecified atom stereocenters. The Morgan fingerprint density at radius 2 is 2.30 bits per heavy atom. The maximum atomic E-state index is 12.1. The molecule has 0 bridgehead atoms. The molecule has 0 fully saturated rings. The molecule has 20 heavy (non-hydrogen) atoms. The molecule has 2 rings (SSSR count). The minimum absolute atomic E-state index is 0.169. The van der Waals surface area contributed by atoms with Crippen LogP contribution in [0.4, 0.5) is 17.5 Å². The van der Waals surface area contributed by atoms with Gasteiger partial charge in [0.25, 0.3) is 5.91 Å². The van der Waals surface area contributed by atoms with Crippen LogP contribution in [0.5, 0.6) is 0 Å². The van der Waals surface area contributed by atoms with Crippen molar-refractivity contribution in [2.45, 2.75) is 6.92 Å². The zero-order chi connectivity index (χ0) is 14.5. The van der Waals surface area contributed by atoms with E-state index in [0.29, 0.717) is 23.7 Å². The van der Waals surface area contributed by atoms with Crippen LogP contribution in [-0.2, 0) is 4.79 Å². The molecular formula is C12H15N7O. The first-order valence-electron chi connectivity index (χ1n) is 5.98. The largest absolute Gasteiger partial charge is 0.383 e. The molecule has 0 spiro atoms. The highest BCUT2D eigenvalue weighted by atomic mass is 16.1. The third-order valence-corrected chi connectivity index (χ3v) is 2.54. The molecule has 0 aromatic carbocycles. The van der Waals surface area contributed by atoms with E-state index < -0.39 is 5.91 Å². The highest BCUT2D eigenvalue weighted by Crippen LogP contribution is 2.25. The molecule has 0 aliphatic carbocycles. The van der Waals surface area contributed by atoms with Crippen LogP contribution in [0.15, 0.2) is 25.2 Å². The van der Waals surface area contributed by atoms with Crippen molar-refractivity contribution in [2.75, 3.05) is 22.9 Å². The smallest absolute Gasteiger partial charge is 0.257 e. The summed E-state index contributed by atoms with van der Waals surface area (Å²) in [4.78, 5) is 20.1. The molecule has 8 heteroatoms. The van der Waals surface area contributed by atoms with Crippen LogP contribution in [0.2, 0.25) is 0 Å². The van der Waals surface area contributed by atoms with Crippen LogP contribution in [0.25, 0.3) is 5.57 Å². The molecule has 104 valence electrons. The second-order valence-corrected chi connectivity index (χ2v) is 3.91. The highest BCUT2D eigenvalue weighted by molar-refractivity contribution is 6.26. The second-order valence-electron chi connectivity index (χ2n) is 3.91. The Morgan fingerprint density at radius 1 is 1.50 bits per heavy atom.